The fourth-order valence-corrected chi connectivity index (χ4v) is 14.7. The molecule has 3 heteroatoms. The zero-order valence-electron chi connectivity index (χ0n) is 40.3. The monoisotopic (exact) mass is 937 g/mol. The van der Waals surface area contributed by atoms with Gasteiger partial charge in [0.25, 0.3) is 0 Å². The Morgan fingerprint density at radius 2 is 0.743 bits per heavy atom. The highest BCUT2D eigenvalue weighted by atomic mass is 15.0. The maximum absolute atomic E-state index is 5.81. The van der Waals surface area contributed by atoms with Crippen LogP contribution >= 0.6 is 0 Å². The molecule has 1 unspecified atom stereocenters. The second-order valence-electron chi connectivity index (χ2n) is 20.7. The van der Waals surface area contributed by atoms with Crippen molar-refractivity contribution in [3.05, 3.63) is 287 Å². The summed E-state index contributed by atoms with van der Waals surface area (Å²) in [6, 6.07) is 83.5. The Bertz CT molecular complexity index is 4530. The van der Waals surface area contributed by atoms with E-state index in [-0.39, 0.29) is 0 Å². The first-order valence-electron chi connectivity index (χ1n) is 26.0. The lowest BCUT2D eigenvalue weighted by Crippen LogP contribution is -2.28. The standard InChI is InChI=1S/C71H43N3/c1-2-20-43-39-44(38-37-42(43)19-1)67-72-68(55-40-63-65(51-27-5-3-21-45(51)55)53-29-11-17-35-61(53)70(63)57-31-13-7-23-47(57)48-24-8-14-32-58(48)70)74-69(73-67)56-41-64-66(52-28-6-4-22-46(52)56)54-30-12-18-36-62(54)71(64)59-33-15-9-25-49(59)50-26-10-16-34-60(50)71/h1-15,17-33,35-41H,16,34H2. The van der Waals surface area contributed by atoms with Gasteiger partial charge in [-0.2, -0.15) is 0 Å². The molecule has 0 saturated carbocycles. The first-order chi connectivity index (χ1) is 36.7. The highest BCUT2D eigenvalue weighted by Gasteiger charge is 2.54. The van der Waals surface area contributed by atoms with E-state index in [9.17, 15) is 0 Å². The normalized spacial score (nSPS) is 16.6. The Morgan fingerprint density at radius 3 is 1.34 bits per heavy atom. The predicted molar refractivity (Wildman–Crippen MR) is 302 cm³/mol. The third kappa shape index (κ3) is 4.99. The summed E-state index contributed by atoms with van der Waals surface area (Å²) < 4.78 is 0. The zero-order chi connectivity index (χ0) is 48.3. The van der Waals surface area contributed by atoms with E-state index < -0.39 is 10.8 Å². The first kappa shape index (κ1) is 40.3. The molecule has 74 heavy (non-hydrogen) atoms. The van der Waals surface area contributed by atoms with E-state index in [2.05, 4.69) is 237 Å². The molecule has 342 valence electrons. The smallest absolute Gasteiger partial charge is 0.164 e. The number of fused-ring (bicyclic) bond motifs is 24. The summed E-state index contributed by atoms with van der Waals surface area (Å²) in [7, 11) is 0. The molecule has 0 bridgehead atoms. The summed E-state index contributed by atoms with van der Waals surface area (Å²) in [6.45, 7) is 0. The van der Waals surface area contributed by atoms with Gasteiger partial charge in [-0.15, -0.1) is 0 Å². The summed E-state index contributed by atoms with van der Waals surface area (Å²) in [5, 5.41) is 6.94. The van der Waals surface area contributed by atoms with Crippen LogP contribution < -0.4 is 0 Å². The van der Waals surface area contributed by atoms with Gasteiger partial charge in [0, 0.05) is 16.7 Å². The number of hydrogen-bond acceptors (Lipinski definition) is 3. The number of allylic oxidation sites excluding steroid dienone is 4. The van der Waals surface area contributed by atoms with Gasteiger partial charge in [0.1, 0.15) is 0 Å². The van der Waals surface area contributed by atoms with Crippen LogP contribution in [0.25, 0.3) is 105 Å². The average molecular weight is 938 g/mol. The lowest BCUT2D eigenvalue weighted by molar-refractivity contribution is 0.714. The van der Waals surface area contributed by atoms with Crippen LogP contribution in [-0.2, 0) is 10.8 Å². The van der Waals surface area contributed by atoms with Crippen molar-refractivity contribution in [2.75, 3.05) is 0 Å². The molecule has 5 aliphatic carbocycles. The highest BCUT2D eigenvalue weighted by Crippen LogP contribution is 2.66. The van der Waals surface area contributed by atoms with Crippen LogP contribution in [0, 0.1) is 0 Å². The summed E-state index contributed by atoms with van der Waals surface area (Å²) in [5.74, 6) is 1.96. The predicted octanol–water partition coefficient (Wildman–Crippen LogP) is 17.1. The first-order valence-corrected chi connectivity index (χ1v) is 26.0. The maximum Gasteiger partial charge on any atom is 0.164 e. The van der Waals surface area contributed by atoms with E-state index >= 15 is 0 Å². The van der Waals surface area contributed by atoms with Crippen molar-refractivity contribution in [1.29, 1.82) is 0 Å². The molecular formula is C71H43N3. The van der Waals surface area contributed by atoms with Crippen LogP contribution in [0.1, 0.15) is 57.3 Å². The quantitative estimate of drug-likeness (QED) is 0.177. The van der Waals surface area contributed by atoms with Gasteiger partial charge in [0.15, 0.2) is 17.5 Å². The molecule has 1 aromatic heterocycles. The molecule has 0 fully saturated rings. The molecule has 0 N–H and O–H groups in total. The largest absolute Gasteiger partial charge is 0.208 e. The molecule has 2 spiro atoms. The molecule has 3 nitrogen and oxygen atoms in total. The average Bonchev–Trinajstić information content (AvgIpc) is 4.34. The van der Waals surface area contributed by atoms with Gasteiger partial charge in [-0.05, 0) is 152 Å². The second-order valence-corrected chi connectivity index (χ2v) is 20.7. The number of hydrogen-bond donors (Lipinski definition) is 0. The lowest BCUT2D eigenvalue weighted by Gasteiger charge is -2.33. The van der Waals surface area contributed by atoms with E-state index in [1.54, 1.807) is 0 Å². The SMILES string of the molecule is C1=CC2=C(CC1)C1(c3ccccc32)c2ccccc2-c2c1cc(-c1nc(-c3ccc4ccccc4c3)nc(-c3cc4c(c5ccccc35)-c3ccccc3C43c4ccccc4-c4ccccc43)n1)c1ccccc21. The van der Waals surface area contributed by atoms with Crippen molar-refractivity contribution in [3.8, 4) is 67.5 Å². The van der Waals surface area contributed by atoms with Gasteiger partial charge in [0.2, 0.25) is 0 Å². The van der Waals surface area contributed by atoms with Crippen molar-refractivity contribution in [1.82, 2.24) is 15.0 Å². The van der Waals surface area contributed by atoms with Crippen LogP contribution in [0.2, 0.25) is 0 Å². The van der Waals surface area contributed by atoms with E-state index in [1.807, 2.05) is 0 Å². The van der Waals surface area contributed by atoms with E-state index in [0.717, 1.165) is 45.7 Å². The number of nitrogens with zero attached hydrogens (tertiary/aromatic N) is 3. The van der Waals surface area contributed by atoms with Gasteiger partial charge >= 0.3 is 0 Å². The van der Waals surface area contributed by atoms with Crippen LogP contribution in [-0.4, -0.2) is 15.0 Å². The molecule has 5 aliphatic rings. The summed E-state index contributed by atoms with van der Waals surface area (Å²) in [4.78, 5) is 17.1. The van der Waals surface area contributed by atoms with Crippen molar-refractivity contribution in [3.63, 3.8) is 0 Å². The minimum atomic E-state index is -0.548. The molecule has 0 aliphatic heterocycles. The molecule has 1 heterocycles. The zero-order valence-corrected chi connectivity index (χ0v) is 40.3. The third-order valence-electron chi connectivity index (χ3n) is 17.4. The second kappa shape index (κ2) is 14.7. The minimum Gasteiger partial charge on any atom is -0.208 e. The van der Waals surface area contributed by atoms with Crippen LogP contribution in [0.4, 0.5) is 0 Å². The third-order valence-corrected chi connectivity index (χ3v) is 17.4. The number of aromatic nitrogens is 3. The van der Waals surface area contributed by atoms with Crippen LogP contribution in [0.15, 0.2) is 242 Å². The van der Waals surface area contributed by atoms with E-state index in [4.69, 9.17) is 15.0 Å². The Morgan fingerprint density at radius 1 is 0.311 bits per heavy atom. The Balaban J connectivity index is 0.988. The fraction of sp³-hybridized carbons (Fsp3) is 0.0563. The van der Waals surface area contributed by atoms with Crippen molar-refractivity contribution >= 4 is 37.9 Å². The molecular weight excluding hydrogens is 895 g/mol. The van der Waals surface area contributed by atoms with Crippen LogP contribution in [0.5, 0.6) is 0 Å². The Kier molecular flexibility index (Phi) is 7.98. The molecule has 0 saturated heterocycles. The highest BCUT2D eigenvalue weighted by molar-refractivity contribution is 6.13. The Labute approximate surface area is 428 Å². The Hall–Kier alpha value is -9.31. The van der Waals surface area contributed by atoms with Crippen LogP contribution in [0.3, 0.4) is 0 Å². The molecule has 17 rings (SSSR count). The van der Waals surface area contributed by atoms with Gasteiger partial charge in [-0.25, -0.2) is 15.0 Å². The van der Waals surface area contributed by atoms with E-state index in [1.165, 1.54) is 105 Å². The molecule has 11 aromatic carbocycles. The summed E-state index contributed by atoms with van der Waals surface area (Å²) in [5.41, 5.74) is 23.0. The molecule has 1 atom stereocenters. The van der Waals surface area contributed by atoms with Crippen molar-refractivity contribution in [2.45, 2.75) is 23.7 Å². The van der Waals surface area contributed by atoms with E-state index in [0.29, 0.717) is 17.5 Å². The topological polar surface area (TPSA) is 38.7 Å². The minimum absolute atomic E-state index is 0.466. The van der Waals surface area contributed by atoms with Crippen molar-refractivity contribution < 1.29 is 0 Å². The van der Waals surface area contributed by atoms with Gasteiger partial charge in [-0.3, -0.25) is 0 Å². The number of rotatable bonds is 3. The summed E-state index contributed by atoms with van der Waals surface area (Å²) >= 11 is 0. The van der Waals surface area contributed by atoms with Gasteiger partial charge in [0.05, 0.1) is 10.8 Å². The lowest BCUT2D eigenvalue weighted by atomic mass is 9.67. The summed E-state index contributed by atoms with van der Waals surface area (Å²) in [6.07, 6.45) is 6.74. The maximum atomic E-state index is 5.81. The van der Waals surface area contributed by atoms with Gasteiger partial charge in [-0.1, -0.05) is 218 Å². The van der Waals surface area contributed by atoms with Crippen molar-refractivity contribution in [2.24, 2.45) is 0 Å². The molecule has 12 aromatic rings. The van der Waals surface area contributed by atoms with Gasteiger partial charge < -0.3 is 0 Å². The fourth-order valence-electron chi connectivity index (χ4n) is 14.7. The number of benzene rings is 11. The molecule has 0 amide bonds. The molecule has 0 radical (unpaired) electrons.